The number of nitrogen functional groups attached to an aromatic ring is 1. The fraction of sp³-hybridized carbons (Fsp3) is 0.0962. The summed E-state index contributed by atoms with van der Waals surface area (Å²) in [6.45, 7) is 2.22. The molecule has 0 amide bonds. The normalized spacial score (nSPS) is 15.3. The van der Waals surface area contributed by atoms with Crippen LogP contribution in [0.2, 0.25) is 0 Å². The number of benzene rings is 7. The summed E-state index contributed by atoms with van der Waals surface area (Å²) in [6, 6.07) is 55.2. The second kappa shape index (κ2) is 11.5. The average molecular weight is 720 g/mol. The van der Waals surface area contributed by atoms with Crippen molar-refractivity contribution in [2.24, 2.45) is 4.99 Å². The van der Waals surface area contributed by atoms with Gasteiger partial charge in [-0.2, -0.15) is 0 Å². The Bertz CT molecular complexity index is 3140. The highest BCUT2D eigenvalue weighted by Crippen LogP contribution is 2.63. The Hall–Kier alpha value is -6.91. The van der Waals surface area contributed by atoms with Crippen LogP contribution < -0.4 is 5.73 Å². The number of fused-ring (bicyclic) bond motifs is 15. The standard InChI is InChI=1S/C52H37N3O/c1-31(55-45-27-12-7-19-36(45)40-29-32-15-2-3-16-33(32)30-46(40)55)54-50(49-38-21-8-13-28-47(38)56-51(49)53)39-22-14-26-44-48(39)37-20-6-11-25-43(37)52(44)41-23-9-4-17-34(41)35-18-5-10-24-42(35)52/h2-6,8-18,20-31H,7,19,53H2,1H3/b54-50-. The maximum Gasteiger partial charge on any atom is 0.201 e. The highest BCUT2D eigenvalue weighted by molar-refractivity contribution is 6.25. The second-order valence-corrected chi connectivity index (χ2v) is 15.5. The van der Waals surface area contributed by atoms with Crippen molar-refractivity contribution in [1.82, 2.24) is 4.57 Å². The Morgan fingerprint density at radius 3 is 2.07 bits per heavy atom. The van der Waals surface area contributed by atoms with E-state index >= 15 is 0 Å². The first kappa shape index (κ1) is 31.4. The molecule has 56 heavy (non-hydrogen) atoms. The van der Waals surface area contributed by atoms with Gasteiger partial charge in [-0.1, -0.05) is 140 Å². The average Bonchev–Trinajstić information content (AvgIpc) is 3.95. The van der Waals surface area contributed by atoms with Gasteiger partial charge in [0.1, 0.15) is 11.7 Å². The van der Waals surface area contributed by atoms with Crippen LogP contribution in [0.3, 0.4) is 0 Å². The van der Waals surface area contributed by atoms with Gasteiger partial charge in [-0.05, 0) is 105 Å². The van der Waals surface area contributed by atoms with E-state index in [2.05, 4.69) is 163 Å². The van der Waals surface area contributed by atoms with Crippen LogP contribution >= 0.6 is 0 Å². The van der Waals surface area contributed by atoms with Gasteiger partial charge in [0.2, 0.25) is 5.88 Å². The van der Waals surface area contributed by atoms with Gasteiger partial charge in [0.25, 0.3) is 0 Å². The lowest BCUT2D eigenvalue weighted by Gasteiger charge is -2.30. The second-order valence-electron chi connectivity index (χ2n) is 15.5. The predicted octanol–water partition coefficient (Wildman–Crippen LogP) is 12.5. The fourth-order valence-electron chi connectivity index (χ4n) is 10.5. The minimum atomic E-state index is -0.475. The van der Waals surface area contributed by atoms with Crippen LogP contribution in [0.5, 0.6) is 0 Å². The molecule has 0 bridgehead atoms. The minimum absolute atomic E-state index is 0.275. The molecule has 3 aliphatic carbocycles. The molecular formula is C52H37N3O. The lowest BCUT2D eigenvalue weighted by Crippen LogP contribution is -2.26. The topological polar surface area (TPSA) is 56.4 Å². The summed E-state index contributed by atoms with van der Waals surface area (Å²) >= 11 is 0. The largest absolute Gasteiger partial charge is 0.440 e. The number of furan rings is 1. The molecule has 0 aliphatic heterocycles. The van der Waals surface area contributed by atoms with Crippen molar-refractivity contribution in [3.05, 3.63) is 202 Å². The van der Waals surface area contributed by atoms with Gasteiger partial charge in [-0.15, -0.1) is 0 Å². The van der Waals surface area contributed by atoms with Gasteiger partial charge in [0, 0.05) is 22.0 Å². The monoisotopic (exact) mass is 719 g/mol. The fourth-order valence-corrected chi connectivity index (χ4v) is 10.5. The zero-order valence-electron chi connectivity index (χ0n) is 31.0. The van der Waals surface area contributed by atoms with Gasteiger partial charge < -0.3 is 14.7 Å². The number of aromatic nitrogens is 1. The Morgan fingerprint density at radius 2 is 1.30 bits per heavy atom. The first-order chi connectivity index (χ1) is 27.6. The van der Waals surface area contributed by atoms with E-state index in [1.807, 2.05) is 12.1 Å². The summed E-state index contributed by atoms with van der Waals surface area (Å²) in [6.07, 6.45) is 6.36. The smallest absolute Gasteiger partial charge is 0.201 e. The molecule has 0 radical (unpaired) electrons. The molecule has 1 atom stereocenters. The highest BCUT2D eigenvalue weighted by atomic mass is 16.3. The van der Waals surface area contributed by atoms with Gasteiger partial charge in [-0.3, -0.25) is 4.99 Å². The summed E-state index contributed by atoms with van der Waals surface area (Å²) < 4.78 is 8.77. The molecule has 1 unspecified atom stereocenters. The third kappa shape index (κ3) is 4.05. The lowest BCUT2D eigenvalue weighted by atomic mass is 9.70. The predicted molar refractivity (Wildman–Crippen MR) is 231 cm³/mol. The molecule has 0 fully saturated rings. The number of aliphatic imine (C=N–C) groups is 1. The Balaban J connectivity index is 1.17. The molecule has 12 rings (SSSR count). The summed E-state index contributed by atoms with van der Waals surface area (Å²) in [4.78, 5) is 5.84. The zero-order valence-corrected chi connectivity index (χ0v) is 31.0. The third-order valence-electron chi connectivity index (χ3n) is 12.7. The minimum Gasteiger partial charge on any atom is -0.440 e. The molecule has 2 heterocycles. The van der Waals surface area contributed by atoms with E-state index < -0.39 is 5.41 Å². The molecular weight excluding hydrogens is 683 g/mol. The SMILES string of the molecule is CC(/N=C(/c1cccc2c1-c1ccccc1C21c2ccccc2-c2ccccc21)c1c(N)oc2ccccc12)n1c2c(c3cc4ccccc4cc31)CCC=C2. The molecule has 2 aromatic heterocycles. The van der Waals surface area contributed by atoms with Crippen LogP contribution in [0.15, 0.2) is 167 Å². The molecule has 7 aromatic carbocycles. The number of nitrogens with zero attached hydrogens (tertiary/aromatic N) is 2. The number of nitrogens with two attached hydrogens (primary N) is 1. The van der Waals surface area contributed by atoms with Crippen molar-refractivity contribution in [2.45, 2.75) is 31.3 Å². The first-order valence-electron chi connectivity index (χ1n) is 19.6. The van der Waals surface area contributed by atoms with Crippen LogP contribution in [0, 0.1) is 0 Å². The molecule has 2 N–H and O–H groups in total. The summed E-state index contributed by atoms with van der Waals surface area (Å²) in [7, 11) is 0. The summed E-state index contributed by atoms with van der Waals surface area (Å²) in [5, 5.41) is 4.74. The quantitative estimate of drug-likeness (QED) is 0.184. The van der Waals surface area contributed by atoms with E-state index in [4.69, 9.17) is 15.1 Å². The van der Waals surface area contributed by atoms with Crippen molar-refractivity contribution in [3.63, 3.8) is 0 Å². The van der Waals surface area contributed by atoms with Crippen LogP contribution in [0.25, 0.3) is 61.0 Å². The van der Waals surface area contributed by atoms with E-state index in [0.29, 0.717) is 5.88 Å². The van der Waals surface area contributed by atoms with Crippen LogP contribution in [0.1, 0.15) is 64.1 Å². The van der Waals surface area contributed by atoms with Crippen molar-refractivity contribution >= 4 is 50.3 Å². The molecule has 3 aliphatic rings. The molecule has 4 heteroatoms. The Kier molecular flexibility index (Phi) is 6.48. The van der Waals surface area contributed by atoms with E-state index in [-0.39, 0.29) is 6.17 Å². The van der Waals surface area contributed by atoms with E-state index in [1.54, 1.807) is 0 Å². The first-order valence-corrected chi connectivity index (χ1v) is 19.6. The lowest BCUT2D eigenvalue weighted by molar-refractivity contribution is 0.589. The Labute approximate surface area is 324 Å². The molecule has 266 valence electrons. The highest BCUT2D eigenvalue weighted by Gasteiger charge is 2.52. The number of aryl methyl sites for hydroxylation is 1. The third-order valence-corrected chi connectivity index (χ3v) is 12.7. The number of hydrogen-bond acceptors (Lipinski definition) is 3. The van der Waals surface area contributed by atoms with Crippen LogP contribution in [-0.4, -0.2) is 10.3 Å². The van der Waals surface area contributed by atoms with E-state index in [1.165, 1.54) is 77.4 Å². The van der Waals surface area contributed by atoms with Crippen molar-refractivity contribution in [3.8, 4) is 22.3 Å². The van der Waals surface area contributed by atoms with E-state index in [0.717, 1.165) is 40.6 Å². The van der Waals surface area contributed by atoms with Crippen molar-refractivity contribution < 1.29 is 4.42 Å². The number of anilines is 1. The molecule has 9 aromatic rings. The molecule has 4 nitrogen and oxygen atoms in total. The van der Waals surface area contributed by atoms with Crippen LogP contribution in [-0.2, 0) is 11.8 Å². The van der Waals surface area contributed by atoms with Gasteiger partial charge in [0.05, 0.1) is 22.2 Å². The van der Waals surface area contributed by atoms with Gasteiger partial charge in [0.15, 0.2) is 0 Å². The zero-order chi connectivity index (χ0) is 37.1. The molecule has 0 saturated carbocycles. The van der Waals surface area contributed by atoms with Crippen molar-refractivity contribution in [1.29, 1.82) is 0 Å². The van der Waals surface area contributed by atoms with E-state index in [9.17, 15) is 0 Å². The maximum absolute atomic E-state index is 6.97. The van der Waals surface area contributed by atoms with Gasteiger partial charge >= 0.3 is 0 Å². The number of allylic oxidation sites excluding steroid dienone is 1. The summed E-state index contributed by atoms with van der Waals surface area (Å²) in [5.74, 6) is 0.373. The molecule has 1 spiro atoms. The maximum atomic E-state index is 6.97. The number of rotatable bonds is 4. The number of para-hydroxylation sites is 1. The van der Waals surface area contributed by atoms with Crippen LogP contribution in [0.4, 0.5) is 5.88 Å². The molecule has 0 saturated heterocycles. The van der Waals surface area contributed by atoms with Crippen molar-refractivity contribution in [2.75, 3.05) is 5.73 Å². The number of hydrogen-bond donors (Lipinski definition) is 1. The Morgan fingerprint density at radius 1 is 0.679 bits per heavy atom. The summed E-state index contributed by atoms with van der Waals surface area (Å²) in [5.41, 5.74) is 23.9. The van der Waals surface area contributed by atoms with Gasteiger partial charge in [-0.25, -0.2) is 0 Å².